The molecule has 2 heterocycles. The average Bonchev–Trinajstić information content (AvgIpc) is 3.13. The summed E-state index contributed by atoms with van der Waals surface area (Å²) in [7, 11) is 0. The predicted molar refractivity (Wildman–Crippen MR) is 64.9 cm³/mol. The van der Waals surface area contributed by atoms with Crippen molar-refractivity contribution in [2.75, 3.05) is 0 Å². The van der Waals surface area contributed by atoms with Crippen LogP contribution in [-0.4, -0.2) is 14.1 Å². The summed E-state index contributed by atoms with van der Waals surface area (Å²) in [5.74, 6) is 0. The second-order valence-corrected chi connectivity index (χ2v) is 4.48. The highest BCUT2D eigenvalue weighted by Crippen LogP contribution is 2.33. The largest absolute Gasteiger partial charge is 0.328 e. The smallest absolute Gasteiger partial charge is 0.299 e. The van der Waals surface area contributed by atoms with Crippen molar-refractivity contribution in [2.24, 2.45) is 0 Å². The molecule has 17 heavy (non-hydrogen) atoms. The Morgan fingerprint density at radius 2 is 2.18 bits per heavy atom. The molecule has 88 valence electrons. The van der Waals surface area contributed by atoms with Gasteiger partial charge in [0.15, 0.2) is 0 Å². The van der Waals surface area contributed by atoms with Gasteiger partial charge in [-0.1, -0.05) is 6.07 Å². The summed E-state index contributed by atoms with van der Waals surface area (Å²) < 4.78 is 3.62. The average molecular weight is 229 g/mol. The molecular weight excluding hydrogens is 214 g/mol. The van der Waals surface area contributed by atoms with E-state index in [9.17, 15) is 4.79 Å². The second kappa shape index (κ2) is 4.20. The lowest BCUT2D eigenvalue weighted by Crippen LogP contribution is -2.24. The van der Waals surface area contributed by atoms with Crippen molar-refractivity contribution in [3.8, 4) is 0 Å². The molecule has 0 amide bonds. The van der Waals surface area contributed by atoms with Gasteiger partial charge in [-0.15, -0.1) is 0 Å². The van der Waals surface area contributed by atoms with E-state index in [1.807, 2.05) is 35.2 Å². The summed E-state index contributed by atoms with van der Waals surface area (Å²) in [4.78, 5) is 16.2. The molecule has 0 atom stereocenters. The zero-order chi connectivity index (χ0) is 11.7. The number of rotatable bonds is 4. The van der Waals surface area contributed by atoms with Crippen LogP contribution in [0.2, 0.25) is 0 Å². The summed E-state index contributed by atoms with van der Waals surface area (Å²) in [6, 6.07) is 6.32. The molecule has 1 aliphatic rings. The first-order chi connectivity index (χ1) is 8.34. The minimum Gasteiger partial charge on any atom is -0.299 e. The predicted octanol–water partition coefficient (Wildman–Crippen LogP) is 1.62. The van der Waals surface area contributed by atoms with Crippen LogP contribution in [0.4, 0.5) is 0 Å². The van der Waals surface area contributed by atoms with Crippen molar-refractivity contribution in [1.82, 2.24) is 14.1 Å². The summed E-state index contributed by atoms with van der Waals surface area (Å²) in [5, 5.41) is 0. The highest BCUT2D eigenvalue weighted by atomic mass is 16.1. The Labute approximate surface area is 99.5 Å². The Morgan fingerprint density at radius 1 is 1.29 bits per heavy atom. The van der Waals surface area contributed by atoms with E-state index in [4.69, 9.17) is 0 Å². The van der Waals surface area contributed by atoms with Crippen LogP contribution >= 0.6 is 0 Å². The summed E-state index contributed by atoms with van der Waals surface area (Å²) in [6.45, 7) is 0.704. The molecule has 0 aliphatic heterocycles. The maximum atomic E-state index is 12.0. The van der Waals surface area contributed by atoms with Crippen LogP contribution in [0.5, 0.6) is 0 Å². The third-order valence-electron chi connectivity index (χ3n) is 3.15. The van der Waals surface area contributed by atoms with Gasteiger partial charge in [-0.3, -0.25) is 14.1 Å². The van der Waals surface area contributed by atoms with Gasteiger partial charge in [-0.2, -0.15) is 0 Å². The van der Waals surface area contributed by atoms with Crippen LogP contribution in [-0.2, 0) is 13.0 Å². The van der Waals surface area contributed by atoms with E-state index in [0.29, 0.717) is 12.6 Å². The van der Waals surface area contributed by atoms with Gasteiger partial charge in [-0.25, -0.2) is 4.79 Å². The Morgan fingerprint density at radius 3 is 2.88 bits per heavy atom. The Bertz CT molecular complexity index is 552. The van der Waals surface area contributed by atoms with Crippen molar-refractivity contribution < 1.29 is 0 Å². The van der Waals surface area contributed by atoms with Gasteiger partial charge in [0.25, 0.3) is 0 Å². The number of hydrogen-bond donors (Lipinski definition) is 0. The molecule has 0 N–H and O–H groups in total. The van der Waals surface area contributed by atoms with Gasteiger partial charge in [-0.05, 0) is 25.0 Å². The van der Waals surface area contributed by atoms with E-state index >= 15 is 0 Å². The fourth-order valence-electron chi connectivity index (χ4n) is 2.01. The maximum Gasteiger partial charge on any atom is 0.328 e. The Hall–Kier alpha value is -1.84. The third-order valence-corrected chi connectivity index (χ3v) is 3.15. The molecule has 4 heteroatoms. The van der Waals surface area contributed by atoms with Crippen LogP contribution < -0.4 is 5.69 Å². The molecule has 2 aromatic rings. The minimum atomic E-state index is 0.114. The molecule has 0 aromatic carbocycles. The van der Waals surface area contributed by atoms with Crippen molar-refractivity contribution >= 4 is 0 Å². The second-order valence-electron chi connectivity index (χ2n) is 4.48. The van der Waals surface area contributed by atoms with E-state index in [0.717, 1.165) is 25.0 Å². The third kappa shape index (κ3) is 2.16. The molecule has 0 saturated heterocycles. The minimum absolute atomic E-state index is 0.114. The lowest BCUT2D eigenvalue weighted by molar-refractivity contribution is 0.615. The molecule has 1 aliphatic carbocycles. The van der Waals surface area contributed by atoms with Gasteiger partial charge >= 0.3 is 5.69 Å². The molecule has 4 nitrogen and oxygen atoms in total. The van der Waals surface area contributed by atoms with Crippen LogP contribution in [0.1, 0.15) is 24.6 Å². The fraction of sp³-hybridized carbons (Fsp3) is 0.385. The summed E-state index contributed by atoms with van der Waals surface area (Å²) >= 11 is 0. The summed E-state index contributed by atoms with van der Waals surface area (Å²) in [5.41, 5.74) is 1.14. The van der Waals surface area contributed by atoms with Crippen molar-refractivity contribution in [3.05, 3.63) is 53.0 Å². The van der Waals surface area contributed by atoms with Crippen LogP contribution in [0.25, 0.3) is 0 Å². The molecule has 0 bridgehead atoms. The molecular formula is C13H15N3O. The van der Waals surface area contributed by atoms with E-state index in [-0.39, 0.29) is 5.69 Å². The highest BCUT2D eigenvalue weighted by Gasteiger charge is 2.25. The number of aromatic nitrogens is 3. The number of pyridine rings is 1. The molecule has 3 rings (SSSR count). The van der Waals surface area contributed by atoms with Gasteiger partial charge in [0.2, 0.25) is 0 Å². The maximum absolute atomic E-state index is 12.0. The van der Waals surface area contributed by atoms with Crippen LogP contribution in [0.15, 0.2) is 41.6 Å². The quantitative estimate of drug-likeness (QED) is 0.799. The highest BCUT2D eigenvalue weighted by molar-refractivity contribution is 5.03. The lowest BCUT2D eigenvalue weighted by atomic mass is 10.3. The number of hydrogen-bond acceptors (Lipinski definition) is 2. The molecule has 0 unspecified atom stereocenters. The fourth-order valence-corrected chi connectivity index (χ4v) is 2.01. The van der Waals surface area contributed by atoms with E-state index in [2.05, 4.69) is 4.98 Å². The van der Waals surface area contributed by atoms with Crippen molar-refractivity contribution in [2.45, 2.75) is 31.8 Å². The van der Waals surface area contributed by atoms with Crippen molar-refractivity contribution in [1.29, 1.82) is 0 Å². The Balaban J connectivity index is 1.71. The molecule has 1 fully saturated rings. The first-order valence-corrected chi connectivity index (χ1v) is 6.02. The normalized spacial score (nSPS) is 15.1. The van der Waals surface area contributed by atoms with Gasteiger partial charge < -0.3 is 0 Å². The van der Waals surface area contributed by atoms with Crippen molar-refractivity contribution in [3.63, 3.8) is 0 Å². The SMILES string of the molecule is O=c1n(CCc2ccccn2)ccn1C1CC1. The van der Waals surface area contributed by atoms with Gasteiger partial charge in [0.05, 0.1) is 0 Å². The standard InChI is InChI=1S/C13H15N3O/c17-13-15(9-10-16(13)12-4-5-12)8-6-11-3-1-2-7-14-11/h1-3,7,9-10,12H,4-6,8H2. The monoisotopic (exact) mass is 229 g/mol. The van der Waals surface area contributed by atoms with Crippen LogP contribution in [0, 0.1) is 0 Å². The molecule has 0 radical (unpaired) electrons. The van der Waals surface area contributed by atoms with Crippen LogP contribution in [0.3, 0.4) is 0 Å². The van der Waals surface area contributed by atoms with Gasteiger partial charge in [0, 0.05) is 43.3 Å². The Kier molecular flexibility index (Phi) is 2.55. The zero-order valence-electron chi connectivity index (χ0n) is 9.62. The number of nitrogens with zero attached hydrogens (tertiary/aromatic N) is 3. The molecule has 0 spiro atoms. The topological polar surface area (TPSA) is 39.8 Å². The molecule has 1 saturated carbocycles. The number of imidazole rings is 1. The molecule has 2 aromatic heterocycles. The number of aryl methyl sites for hydroxylation is 2. The van der Waals surface area contributed by atoms with E-state index in [1.165, 1.54) is 0 Å². The first kappa shape index (κ1) is 10.3. The first-order valence-electron chi connectivity index (χ1n) is 6.02. The van der Waals surface area contributed by atoms with E-state index in [1.54, 1.807) is 10.8 Å². The zero-order valence-corrected chi connectivity index (χ0v) is 9.62. The summed E-state index contributed by atoms with van der Waals surface area (Å²) in [6.07, 6.45) is 8.65. The lowest BCUT2D eigenvalue weighted by Gasteiger charge is -2.01. The van der Waals surface area contributed by atoms with Gasteiger partial charge in [0.1, 0.15) is 0 Å². The van der Waals surface area contributed by atoms with E-state index < -0.39 is 0 Å².